The zero-order valence-corrected chi connectivity index (χ0v) is 14.0. The van der Waals surface area contributed by atoms with Crippen LogP contribution in [0.15, 0.2) is 59.5 Å². The maximum atomic E-state index is 12.2. The van der Waals surface area contributed by atoms with Gasteiger partial charge in [-0.15, -0.1) is 0 Å². The molecule has 0 aliphatic carbocycles. The van der Waals surface area contributed by atoms with Crippen LogP contribution in [0.3, 0.4) is 0 Å². The van der Waals surface area contributed by atoms with Crippen LogP contribution in [-0.4, -0.2) is 26.8 Å². The number of benzene rings is 1. The number of aliphatic imine (C=N–C) groups is 1. The molecule has 1 amide bonds. The number of carbonyl (C=O) groups excluding carboxylic acids is 1. The first-order chi connectivity index (χ1) is 13.1. The summed E-state index contributed by atoms with van der Waals surface area (Å²) in [4.78, 5) is 33.8. The molecule has 0 atom stereocenters. The normalized spacial score (nSPS) is 15.0. The maximum absolute atomic E-state index is 12.2. The van der Waals surface area contributed by atoms with Gasteiger partial charge in [-0.05, 0) is 11.6 Å². The summed E-state index contributed by atoms with van der Waals surface area (Å²) < 4.78 is 0. The summed E-state index contributed by atoms with van der Waals surface area (Å²) in [5.41, 5.74) is 2.24. The highest BCUT2D eigenvalue weighted by molar-refractivity contribution is 6.14. The lowest BCUT2D eigenvalue weighted by Gasteiger charge is -2.04. The summed E-state index contributed by atoms with van der Waals surface area (Å²) in [6, 6.07) is 11.1. The van der Waals surface area contributed by atoms with E-state index in [1.165, 1.54) is 12.3 Å². The van der Waals surface area contributed by atoms with Gasteiger partial charge in [0.25, 0.3) is 11.6 Å². The van der Waals surface area contributed by atoms with E-state index in [9.17, 15) is 14.9 Å². The van der Waals surface area contributed by atoms with E-state index in [-0.39, 0.29) is 17.3 Å². The van der Waals surface area contributed by atoms with E-state index in [4.69, 9.17) is 0 Å². The predicted octanol–water partition coefficient (Wildman–Crippen LogP) is 2.09. The van der Waals surface area contributed by atoms with Crippen molar-refractivity contribution in [2.24, 2.45) is 4.99 Å². The van der Waals surface area contributed by atoms with E-state index in [2.05, 4.69) is 25.6 Å². The molecule has 0 fully saturated rings. The van der Waals surface area contributed by atoms with Gasteiger partial charge >= 0.3 is 0 Å². The summed E-state index contributed by atoms with van der Waals surface area (Å²) in [6.07, 6.45) is 4.38. The second kappa shape index (κ2) is 6.71. The number of rotatable bonds is 4. The van der Waals surface area contributed by atoms with Crippen LogP contribution in [0.4, 0.5) is 5.69 Å². The number of fused-ring (bicyclic) bond motifs is 1. The Labute approximate surface area is 153 Å². The Morgan fingerprint density at radius 2 is 2.07 bits per heavy atom. The molecule has 0 unspecified atom stereocenters. The second-order valence-corrected chi connectivity index (χ2v) is 5.87. The zero-order valence-electron chi connectivity index (χ0n) is 14.0. The molecule has 0 bridgehead atoms. The highest BCUT2D eigenvalue weighted by Crippen LogP contribution is 2.24. The molecule has 1 aromatic carbocycles. The number of aromatic nitrogens is 2. The molecule has 1 aliphatic rings. The van der Waals surface area contributed by atoms with E-state index in [1.807, 2.05) is 30.3 Å². The molecule has 0 saturated heterocycles. The van der Waals surface area contributed by atoms with E-state index in [0.717, 1.165) is 5.56 Å². The molecular weight excluding hydrogens is 348 g/mol. The van der Waals surface area contributed by atoms with Crippen LogP contribution in [0.5, 0.6) is 0 Å². The van der Waals surface area contributed by atoms with Gasteiger partial charge in [-0.25, -0.2) is 9.98 Å². The third-order valence-electron chi connectivity index (χ3n) is 4.05. The van der Waals surface area contributed by atoms with Gasteiger partial charge < -0.3 is 10.3 Å². The van der Waals surface area contributed by atoms with Crippen molar-refractivity contribution in [1.82, 2.24) is 20.6 Å². The third kappa shape index (κ3) is 3.38. The van der Waals surface area contributed by atoms with Gasteiger partial charge in [-0.3, -0.25) is 20.2 Å². The number of hydrogen-bond acceptors (Lipinski definition) is 6. The zero-order chi connectivity index (χ0) is 18.8. The molecule has 2 aromatic heterocycles. The minimum Gasteiger partial charge on any atom is -0.352 e. The third-order valence-corrected chi connectivity index (χ3v) is 4.05. The van der Waals surface area contributed by atoms with E-state index >= 15 is 0 Å². The molecule has 4 rings (SSSR count). The van der Waals surface area contributed by atoms with E-state index in [1.54, 1.807) is 12.3 Å². The molecule has 9 heteroatoms. The topological polar surface area (TPSA) is 125 Å². The summed E-state index contributed by atoms with van der Waals surface area (Å²) in [5, 5.41) is 17.2. The van der Waals surface area contributed by atoms with Gasteiger partial charge in [-0.1, -0.05) is 30.3 Å². The Bertz CT molecular complexity index is 1100. The fraction of sp³-hybridized carbons (Fsp3) is 0.0556. The minimum atomic E-state index is -0.512. The molecule has 9 nitrogen and oxygen atoms in total. The summed E-state index contributed by atoms with van der Waals surface area (Å²) in [6.45, 7) is 0.524. The number of amides is 1. The molecule has 3 N–H and O–H groups in total. The number of nitro groups is 1. The fourth-order valence-electron chi connectivity index (χ4n) is 2.71. The Morgan fingerprint density at radius 3 is 2.85 bits per heavy atom. The van der Waals surface area contributed by atoms with Crippen molar-refractivity contribution in [3.8, 4) is 0 Å². The number of nitrogens with one attached hydrogen (secondary N) is 3. The van der Waals surface area contributed by atoms with Crippen LogP contribution < -0.4 is 10.6 Å². The monoisotopic (exact) mass is 362 g/mol. The number of nitrogens with zero attached hydrogens (tertiary/aromatic N) is 3. The standard InChI is InChI=1S/C18H14N6O3/c25-17-15(22-18(23-17)21-8-11-4-2-1-3-5-11)6-12-9-19-16-14(12)7-13(10-20-16)24(26)27/h1-7,9-10H,8H2,(H,19,20)(H2,21,22,23,25)/b15-6+. The van der Waals surface area contributed by atoms with Crippen LogP contribution in [0.1, 0.15) is 11.1 Å². The number of carbonyl (C=O) groups is 1. The van der Waals surface area contributed by atoms with Crippen molar-refractivity contribution < 1.29 is 9.72 Å². The van der Waals surface area contributed by atoms with Crippen LogP contribution in [0, 0.1) is 10.1 Å². The van der Waals surface area contributed by atoms with Crippen molar-refractivity contribution in [2.75, 3.05) is 0 Å². The van der Waals surface area contributed by atoms with E-state index in [0.29, 0.717) is 29.1 Å². The minimum absolute atomic E-state index is 0.119. The molecule has 0 radical (unpaired) electrons. The van der Waals surface area contributed by atoms with Crippen LogP contribution in [0.25, 0.3) is 17.1 Å². The van der Waals surface area contributed by atoms with Gasteiger partial charge in [-0.2, -0.15) is 0 Å². The van der Waals surface area contributed by atoms with Crippen LogP contribution in [-0.2, 0) is 11.3 Å². The number of H-pyrrole nitrogens is 1. The van der Waals surface area contributed by atoms with Crippen molar-refractivity contribution in [3.63, 3.8) is 0 Å². The Hall–Kier alpha value is -4.01. The summed E-state index contributed by atoms with van der Waals surface area (Å²) in [7, 11) is 0. The lowest BCUT2D eigenvalue weighted by atomic mass is 10.2. The maximum Gasteiger partial charge on any atom is 0.288 e. The van der Waals surface area contributed by atoms with Gasteiger partial charge in [0.05, 0.1) is 4.92 Å². The molecule has 1 aliphatic heterocycles. The van der Waals surface area contributed by atoms with E-state index < -0.39 is 4.92 Å². The SMILES string of the molecule is O=C1NC(NCc2ccccc2)=N/C1=C/c1c[nH]c2ncc([N+](=O)[O-])cc12. The van der Waals surface area contributed by atoms with Gasteiger partial charge in [0.2, 0.25) is 5.96 Å². The molecule has 27 heavy (non-hydrogen) atoms. The Balaban J connectivity index is 1.59. The molecule has 0 spiro atoms. The first kappa shape index (κ1) is 16.5. The highest BCUT2D eigenvalue weighted by atomic mass is 16.6. The second-order valence-electron chi connectivity index (χ2n) is 5.87. The average molecular weight is 362 g/mol. The number of hydrogen-bond donors (Lipinski definition) is 3. The largest absolute Gasteiger partial charge is 0.352 e. The lowest BCUT2D eigenvalue weighted by molar-refractivity contribution is -0.385. The predicted molar refractivity (Wildman–Crippen MR) is 99.6 cm³/mol. The summed E-state index contributed by atoms with van der Waals surface area (Å²) in [5.74, 6) is 0.0114. The molecule has 3 heterocycles. The van der Waals surface area contributed by atoms with Crippen LogP contribution in [0.2, 0.25) is 0 Å². The quantitative estimate of drug-likeness (QED) is 0.372. The van der Waals surface area contributed by atoms with Gasteiger partial charge in [0, 0.05) is 29.8 Å². The van der Waals surface area contributed by atoms with Gasteiger partial charge in [0.1, 0.15) is 17.5 Å². The molecule has 134 valence electrons. The van der Waals surface area contributed by atoms with Crippen LogP contribution >= 0.6 is 0 Å². The Kier molecular flexibility index (Phi) is 4.09. The van der Waals surface area contributed by atoms with Crippen molar-refractivity contribution >= 4 is 34.7 Å². The fourth-order valence-corrected chi connectivity index (χ4v) is 2.71. The van der Waals surface area contributed by atoms with Crippen molar-refractivity contribution in [1.29, 1.82) is 0 Å². The lowest BCUT2D eigenvalue weighted by Crippen LogP contribution is -2.35. The molecule has 0 saturated carbocycles. The number of guanidine groups is 1. The highest BCUT2D eigenvalue weighted by Gasteiger charge is 2.20. The average Bonchev–Trinajstić information content (AvgIpc) is 3.24. The Morgan fingerprint density at radius 1 is 1.26 bits per heavy atom. The first-order valence-corrected chi connectivity index (χ1v) is 8.11. The molecule has 3 aromatic rings. The first-order valence-electron chi connectivity index (χ1n) is 8.11. The number of aromatic amines is 1. The summed E-state index contributed by atoms with van der Waals surface area (Å²) >= 11 is 0. The van der Waals surface area contributed by atoms with Crippen molar-refractivity contribution in [2.45, 2.75) is 6.54 Å². The molecular formula is C18H14N6O3. The smallest absolute Gasteiger partial charge is 0.288 e. The van der Waals surface area contributed by atoms with Crippen molar-refractivity contribution in [3.05, 3.63) is 75.7 Å². The van der Waals surface area contributed by atoms with Gasteiger partial charge in [0.15, 0.2) is 0 Å². The number of pyridine rings is 1.